The number of anilines is 2. The lowest BCUT2D eigenvalue weighted by Gasteiger charge is -2.29. The normalized spacial score (nSPS) is 13.0. The molecule has 0 unspecified atom stereocenters. The minimum atomic E-state index is -0.152. The van der Waals surface area contributed by atoms with E-state index >= 15 is 0 Å². The quantitative estimate of drug-likeness (QED) is 0.581. The molecule has 1 aliphatic heterocycles. The lowest BCUT2D eigenvalue weighted by Crippen LogP contribution is -2.36. The van der Waals surface area contributed by atoms with Crippen LogP contribution in [0.15, 0.2) is 47.6 Å². The van der Waals surface area contributed by atoms with Crippen LogP contribution >= 0.6 is 11.8 Å². The SMILES string of the molecule is Cc1ccc(NC(=O)Cc2nnc(SCC(=O)N3CCCc4ccccc43)n2C)cc1C. The first-order chi connectivity index (χ1) is 15.4. The molecule has 166 valence electrons. The number of aromatic nitrogens is 3. The molecule has 3 aromatic rings. The number of thioether (sulfide) groups is 1. The van der Waals surface area contributed by atoms with Crippen molar-refractivity contribution in [1.29, 1.82) is 0 Å². The summed E-state index contributed by atoms with van der Waals surface area (Å²) in [6.07, 6.45) is 2.09. The maximum atomic E-state index is 12.9. The Hall–Kier alpha value is -3.13. The molecule has 0 saturated carbocycles. The second kappa shape index (κ2) is 9.56. The van der Waals surface area contributed by atoms with Crippen molar-refractivity contribution in [3.05, 3.63) is 65.0 Å². The topological polar surface area (TPSA) is 80.1 Å². The third kappa shape index (κ3) is 4.85. The molecular weight excluding hydrogens is 422 g/mol. The summed E-state index contributed by atoms with van der Waals surface area (Å²) < 4.78 is 1.78. The first-order valence-corrected chi connectivity index (χ1v) is 11.7. The number of hydrogen-bond donors (Lipinski definition) is 1. The van der Waals surface area contributed by atoms with Crippen LogP contribution in [-0.4, -0.2) is 38.9 Å². The molecular formula is C24H27N5O2S. The largest absolute Gasteiger partial charge is 0.326 e. The molecule has 0 atom stereocenters. The maximum Gasteiger partial charge on any atom is 0.237 e. The van der Waals surface area contributed by atoms with Gasteiger partial charge in [0, 0.05) is 25.0 Å². The van der Waals surface area contributed by atoms with Crippen molar-refractivity contribution in [2.75, 3.05) is 22.5 Å². The predicted octanol–water partition coefficient (Wildman–Crippen LogP) is 3.68. The molecule has 32 heavy (non-hydrogen) atoms. The number of carbonyl (C=O) groups excluding carboxylic acids is 2. The van der Waals surface area contributed by atoms with Crippen LogP contribution in [0.4, 0.5) is 11.4 Å². The van der Waals surface area contributed by atoms with Crippen LogP contribution in [0.5, 0.6) is 0 Å². The first-order valence-electron chi connectivity index (χ1n) is 10.7. The molecule has 2 heterocycles. The molecule has 4 rings (SSSR count). The molecule has 0 saturated heterocycles. The molecule has 2 amide bonds. The van der Waals surface area contributed by atoms with Gasteiger partial charge < -0.3 is 14.8 Å². The number of carbonyl (C=O) groups is 2. The lowest BCUT2D eigenvalue weighted by molar-refractivity contribution is -0.116. The fourth-order valence-electron chi connectivity index (χ4n) is 3.79. The summed E-state index contributed by atoms with van der Waals surface area (Å²) in [5.74, 6) is 0.736. The van der Waals surface area contributed by atoms with Crippen LogP contribution in [0.25, 0.3) is 0 Å². The molecule has 0 radical (unpaired) electrons. The van der Waals surface area contributed by atoms with Gasteiger partial charge in [-0.15, -0.1) is 10.2 Å². The highest BCUT2D eigenvalue weighted by molar-refractivity contribution is 7.99. The van der Waals surface area contributed by atoms with Gasteiger partial charge in [0.1, 0.15) is 5.82 Å². The third-order valence-corrected chi connectivity index (χ3v) is 6.78. The van der Waals surface area contributed by atoms with E-state index in [0.717, 1.165) is 36.3 Å². The zero-order valence-corrected chi connectivity index (χ0v) is 19.4. The lowest BCUT2D eigenvalue weighted by atomic mass is 10.0. The molecule has 0 aliphatic carbocycles. The smallest absolute Gasteiger partial charge is 0.237 e. The molecule has 7 nitrogen and oxygen atoms in total. The second-order valence-corrected chi connectivity index (χ2v) is 8.99. The van der Waals surface area contributed by atoms with Crippen molar-refractivity contribution in [2.45, 2.75) is 38.3 Å². The van der Waals surface area contributed by atoms with E-state index < -0.39 is 0 Å². The van der Waals surface area contributed by atoms with E-state index in [4.69, 9.17) is 0 Å². The summed E-state index contributed by atoms with van der Waals surface area (Å²) in [6.45, 7) is 4.79. The van der Waals surface area contributed by atoms with Crippen LogP contribution in [-0.2, 0) is 29.5 Å². The maximum absolute atomic E-state index is 12.9. The van der Waals surface area contributed by atoms with E-state index in [-0.39, 0.29) is 24.0 Å². The summed E-state index contributed by atoms with van der Waals surface area (Å²) >= 11 is 1.35. The molecule has 1 aromatic heterocycles. The zero-order chi connectivity index (χ0) is 22.7. The highest BCUT2D eigenvalue weighted by Crippen LogP contribution is 2.28. The molecule has 2 aromatic carbocycles. The summed E-state index contributed by atoms with van der Waals surface area (Å²) in [5.41, 5.74) is 5.29. The van der Waals surface area contributed by atoms with E-state index in [1.54, 1.807) is 4.57 Å². The Kier molecular flexibility index (Phi) is 6.60. The van der Waals surface area contributed by atoms with Crippen molar-refractivity contribution < 1.29 is 9.59 Å². The highest BCUT2D eigenvalue weighted by Gasteiger charge is 2.23. The summed E-state index contributed by atoms with van der Waals surface area (Å²) in [7, 11) is 1.82. The van der Waals surface area contributed by atoms with Gasteiger partial charge >= 0.3 is 0 Å². The summed E-state index contributed by atoms with van der Waals surface area (Å²) in [4.78, 5) is 27.2. The van der Waals surface area contributed by atoms with Crippen molar-refractivity contribution in [3.8, 4) is 0 Å². The molecule has 0 bridgehead atoms. The van der Waals surface area contributed by atoms with Gasteiger partial charge in [-0.1, -0.05) is 36.0 Å². The average molecular weight is 450 g/mol. The van der Waals surface area contributed by atoms with E-state index in [9.17, 15) is 9.59 Å². The minimum absolute atomic E-state index is 0.0548. The Morgan fingerprint density at radius 2 is 1.91 bits per heavy atom. The fraction of sp³-hybridized carbons (Fsp3) is 0.333. The number of aryl methyl sites for hydroxylation is 3. The van der Waals surface area contributed by atoms with Crippen molar-refractivity contribution in [1.82, 2.24) is 14.8 Å². The van der Waals surface area contributed by atoms with Gasteiger partial charge in [-0.2, -0.15) is 0 Å². The Morgan fingerprint density at radius 1 is 1.09 bits per heavy atom. The van der Waals surface area contributed by atoms with Crippen LogP contribution in [0.3, 0.4) is 0 Å². The fourth-order valence-corrected chi connectivity index (χ4v) is 4.60. The van der Waals surface area contributed by atoms with Gasteiger partial charge in [0.05, 0.1) is 12.2 Å². The Labute approximate surface area is 192 Å². The number of amides is 2. The Bertz CT molecular complexity index is 1160. The summed E-state index contributed by atoms with van der Waals surface area (Å²) in [6, 6.07) is 13.9. The van der Waals surface area contributed by atoms with E-state index in [1.807, 2.05) is 62.2 Å². The predicted molar refractivity (Wildman–Crippen MR) is 127 cm³/mol. The average Bonchev–Trinajstić information content (AvgIpc) is 3.13. The Balaban J connectivity index is 1.35. The van der Waals surface area contributed by atoms with Crippen LogP contribution in [0, 0.1) is 13.8 Å². The van der Waals surface area contributed by atoms with Crippen LogP contribution in [0.2, 0.25) is 0 Å². The molecule has 1 N–H and O–H groups in total. The standard InChI is InChI=1S/C24H27N5O2S/c1-16-10-11-19(13-17(16)2)25-22(30)14-21-26-27-24(28(21)3)32-15-23(31)29-12-6-8-18-7-4-5-9-20(18)29/h4-5,7,9-11,13H,6,8,12,14-15H2,1-3H3,(H,25,30). The summed E-state index contributed by atoms with van der Waals surface area (Å²) in [5, 5.41) is 11.9. The van der Waals surface area contributed by atoms with Gasteiger partial charge in [0.2, 0.25) is 11.8 Å². The Morgan fingerprint density at radius 3 is 2.72 bits per heavy atom. The van der Waals surface area contributed by atoms with E-state index in [0.29, 0.717) is 11.0 Å². The van der Waals surface area contributed by atoms with E-state index in [1.165, 1.54) is 22.9 Å². The number of fused-ring (bicyclic) bond motifs is 1. The number of para-hydroxylation sites is 1. The van der Waals surface area contributed by atoms with Gasteiger partial charge in [-0.25, -0.2) is 0 Å². The van der Waals surface area contributed by atoms with Gasteiger partial charge in [0.25, 0.3) is 0 Å². The van der Waals surface area contributed by atoms with E-state index in [2.05, 4.69) is 21.6 Å². The second-order valence-electron chi connectivity index (χ2n) is 8.05. The van der Waals surface area contributed by atoms with Crippen molar-refractivity contribution in [3.63, 3.8) is 0 Å². The van der Waals surface area contributed by atoms with Gasteiger partial charge in [-0.05, 0) is 61.6 Å². The third-order valence-electron chi connectivity index (χ3n) is 5.77. The number of nitrogens with zero attached hydrogens (tertiary/aromatic N) is 4. The molecule has 1 aliphatic rings. The number of rotatable bonds is 6. The monoisotopic (exact) mass is 449 g/mol. The number of benzene rings is 2. The van der Waals surface area contributed by atoms with Crippen LogP contribution < -0.4 is 10.2 Å². The minimum Gasteiger partial charge on any atom is -0.326 e. The molecule has 8 heteroatoms. The van der Waals surface area contributed by atoms with Crippen molar-refractivity contribution >= 4 is 35.0 Å². The number of hydrogen-bond acceptors (Lipinski definition) is 5. The van der Waals surface area contributed by atoms with Gasteiger partial charge in [0.15, 0.2) is 5.16 Å². The van der Waals surface area contributed by atoms with Crippen LogP contribution in [0.1, 0.15) is 28.9 Å². The van der Waals surface area contributed by atoms with Crippen molar-refractivity contribution in [2.24, 2.45) is 7.05 Å². The zero-order valence-electron chi connectivity index (χ0n) is 18.6. The molecule has 0 spiro atoms. The first kappa shape index (κ1) is 22.1. The number of nitrogens with one attached hydrogen (secondary N) is 1. The van der Waals surface area contributed by atoms with Gasteiger partial charge in [-0.3, -0.25) is 9.59 Å². The highest BCUT2D eigenvalue weighted by atomic mass is 32.2. The molecule has 0 fully saturated rings.